The fourth-order valence-electron chi connectivity index (χ4n) is 2.50. The van der Waals surface area contributed by atoms with Gasteiger partial charge in [0.05, 0.1) is 25.2 Å². The van der Waals surface area contributed by atoms with Crippen molar-refractivity contribution in [2.24, 2.45) is 5.92 Å². The Balaban J connectivity index is 1.90. The first-order valence-corrected chi connectivity index (χ1v) is 6.30. The summed E-state index contributed by atoms with van der Waals surface area (Å²) < 4.78 is 5.36. The van der Waals surface area contributed by atoms with Gasteiger partial charge in [-0.2, -0.15) is 0 Å². The number of piperidine rings is 1. The summed E-state index contributed by atoms with van der Waals surface area (Å²) in [6.45, 7) is 7.21. The lowest BCUT2D eigenvalue weighted by atomic mass is 9.93. The van der Waals surface area contributed by atoms with E-state index in [0.717, 1.165) is 25.9 Å². The van der Waals surface area contributed by atoms with Gasteiger partial charge in [-0.1, -0.05) is 0 Å². The second-order valence-corrected chi connectivity index (χ2v) is 5.04. The maximum absolute atomic E-state index is 12.3. The van der Waals surface area contributed by atoms with Crippen molar-refractivity contribution < 1.29 is 9.53 Å². The minimum Gasteiger partial charge on any atom is -0.377 e. The van der Waals surface area contributed by atoms with Gasteiger partial charge in [0.1, 0.15) is 0 Å². The van der Waals surface area contributed by atoms with Gasteiger partial charge in [0.15, 0.2) is 0 Å². The minimum atomic E-state index is 0.178. The highest BCUT2D eigenvalue weighted by Crippen LogP contribution is 2.19. The second-order valence-electron chi connectivity index (χ2n) is 5.04. The number of nitrogens with one attached hydrogen (secondary N) is 1. The van der Waals surface area contributed by atoms with Crippen LogP contribution in [0.5, 0.6) is 0 Å². The first kappa shape index (κ1) is 11.9. The maximum atomic E-state index is 12.3. The molecule has 2 aliphatic rings. The number of amides is 1. The summed E-state index contributed by atoms with van der Waals surface area (Å²) >= 11 is 0. The standard InChI is InChI=1S/C12H22N2O2/c1-9-3-4-11(7-13-9)12(15)14-5-6-16-8-10(14)2/h9-11,13H,3-8H2,1-2H3. The predicted octanol–water partition coefficient (Wildman–Crippen LogP) is 0.622. The molecule has 0 aromatic heterocycles. The van der Waals surface area contributed by atoms with Gasteiger partial charge in [0.2, 0.25) is 5.91 Å². The summed E-state index contributed by atoms with van der Waals surface area (Å²) in [5.74, 6) is 0.493. The highest BCUT2D eigenvalue weighted by atomic mass is 16.5. The molecule has 0 spiro atoms. The highest BCUT2D eigenvalue weighted by molar-refractivity contribution is 5.79. The van der Waals surface area contributed by atoms with E-state index in [4.69, 9.17) is 4.74 Å². The molecule has 4 nitrogen and oxygen atoms in total. The van der Waals surface area contributed by atoms with Crippen molar-refractivity contribution >= 4 is 5.91 Å². The van der Waals surface area contributed by atoms with E-state index in [1.807, 2.05) is 4.90 Å². The molecule has 0 aromatic carbocycles. The van der Waals surface area contributed by atoms with Gasteiger partial charge >= 0.3 is 0 Å². The number of hydrogen-bond acceptors (Lipinski definition) is 3. The fraction of sp³-hybridized carbons (Fsp3) is 0.917. The third-order valence-electron chi connectivity index (χ3n) is 3.66. The van der Waals surface area contributed by atoms with Gasteiger partial charge in [0, 0.05) is 19.1 Å². The smallest absolute Gasteiger partial charge is 0.227 e. The van der Waals surface area contributed by atoms with Gasteiger partial charge in [-0.3, -0.25) is 4.79 Å². The van der Waals surface area contributed by atoms with Crippen LogP contribution in [0, 0.1) is 5.92 Å². The molecule has 0 bridgehead atoms. The number of ether oxygens (including phenoxy) is 1. The Morgan fingerprint density at radius 2 is 2.19 bits per heavy atom. The summed E-state index contributed by atoms with van der Waals surface area (Å²) in [7, 11) is 0. The fourth-order valence-corrected chi connectivity index (χ4v) is 2.50. The van der Waals surface area contributed by atoms with E-state index in [-0.39, 0.29) is 12.0 Å². The Labute approximate surface area is 97.3 Å². The van der Waals surface area contributed by atoms with E-state index < -0.39 is 0 Å². The van der Waals surface area contributed by atoms with Crippen molar-refractivity contribution in [1.29, 1.82) is 0 Å². The molecular weight excluding hydrogens is 204 g/mol. The molecule has 4 heteroatoms. The average Bonchev–Trinajstić information content (AvgIpc) is 2.30. The van der Waals surface area contributed by atoms with Crippen LogP contribution in [0.15, 0.2) is 0 Å². The molecule has 92 valence electrons. The van der Waals surface area contributed by atoms with Crippen molar-refractivity contribution in [1.82, 2.24) is 10.2 Å². The summed E-state index contributed by atoms with van der Waals surface area (Å²) in [6, 6.07) is 0.798. The van der Waals surface area contributed by atoms with Crippen LogP contribution >= 0.6 is 0 Å². The molecule has 1 N–H and O–H groups in total. The van der Waals surface area contributed by atoms with E-state index in [9.17, 15) is 4.79 Å². The normalized spacial score (nSPS) is 36.1. The third kappa shape index (κ3) is 2.55. The number of nitrogens with zero attached hydrogens (tertiary/aromatic N) is 1. The first-order chi connectivity index (χ1) is 7.68. The van der Waals surface area contributed by atoms with Gasteiger partial charge < -0.3 is 15.0 Å². The number of carbonyl (C=O) groups is 1. The minimum absolute atomic E-state index is 0.178. The lowest BCUT2D eigenvalue weighted by Gasteiger charge is -2.37. The second kappa shape index (κ2) is 5.15. The van der Waals surface area contributed by atoms with Gasteiger partial charge in [0.25, 0.3) is 0 Å². The average molecular weight is 226 g/mol. The summed E-state index contributed by atoms with van der Waals surface area (Å²) in [6.07, 6.45) is 2.13. The number of morpholine rings is 1. The molecule has 3 unspecified atom stereocenters. The molecule has 2 aliphatic heterocycles. The van der Waals surface area contributed by atoms with Crippen LogP contribution < -0.4 is 5.32 Å². The summed E-state index contributed by atoms with van der Waals surface area (Å²) in [5, 5.41) is 3.39. The molecule has 16 heavy (non-hydrogen) atoms. The molecule has 1 amide bonds. The van der Waals surface area contributed by atoms with Crippen molar-refractivity contribution in [3.8, 4) is 0 Å². The van der Waals surface area contributed by atoms with E-state index in [0.29, 0.717) is 25.2 Å². The Bertz CT molecular complexity index is 249. The van der Waals surface area contributed by atoms with E-state index in [1.54, 1.807) is 0 Å². The molecule has 2 fully saturated rings. The molecule has 0 aromatic rings. The molecule has 2 rings (SSSR count). The van der Waals surface area contributed by atoms with Crippen LogP contribution in [0.4, 0.5) is 0 Å². The van der Waals surface area contributed by atoms with E-state index in [1.165, 1.54) is 0 Å². The van der Waals surface area contributed by atoms with Gasteiger partial charge in [-0.15, -0.1) is 0 Å². The summed E-state index contributed by atoms with van der Waals surface area (Å²) in [4.78, 5) is 14.3. The Kier molecular flexibility index (Phi) is 3.82. The largest absolute Gasteiger partial charge is 0.377 e. The Hall–Kier alpha value is -0.610. The lowest BCUT2D eigenvalue weighted by Crippen LogP contribution is -2.52. The van der Waals surface area contributed by atoms with Crippen LogP contribution in [-0.2, 0) is 9.53 Å². The zero-order valence-corrected chi connectivity index (χ0v) is 10.2. The third-order valence-corrected chi connectivity index (χ3v) is 3.66. The van der Waals surface area contributed by atoms with Crippen LogP contribution in [0.3, 0.4) is 0 Å². The molecule has 3 atom stereocenters. The van der Waals surface area contributed by atoms with Crippen molar-refractivity contribution in [2.45, 2.75) is 38.8 Å². The van der Waals surface area contributed by atoms with Crippen LogP contribution in [0.2, 0.25) is 0 Å². The topological polar surface area (TPSA) is 41.6 Å². The molecular formula is C12H22N2O2. The summed E-state index contributed by atoms with van der Waals surface area (Å²) in [5.41, 5.74) is 0. The van der Waals surface area contributed by atoms with Crippen LogP contribution in [0.25, 0.3) is 0 Å². The molecule has 2 saturated heterocycles. The number of carbonyl (C=O) groups excluding carboxylic acids is 1. The molecule has 0 aliphatic carbocycles. The van der Waals surface area contributed by atoms with Gasteiger partial charge in [-0.05, 0) is 26.7 Å². The maximum Gasteiger partial charge on any atom is 0.227 e. The highest BCUT2D eigenvalue weighted by Gasteiger charge is 2.31. The van der Waals surface area contributed by atoms with Gasteiger partial charge in [-0.25, -0.2) is 0 Å². The Morgan fingerprint density at radius 1 is 1.38 bits per heavy atom. The Morgan fingerprint density at radius 3 is 2.81 bits per heavy atom. The number of rotatable bonds is 1. The zero-order chi connectivity index (χ0) is 11.5. The molecule has 2 heterocycles. The lowest BCUT2D eigenvalue weighted by molar-refractivity contribution is -0.144. The monoisotopic (exact) mass is 226 g/mol. The quantitative estimate of drug-likeness (QED) is 0.713. The predicted molar refractivity (Wildman–Crippen MR) is 62.2 cm³/mol. The van der Waals surface area contributed by atoms with Crippen LogP contribution in [0.1, 0.15) is 26.7 Å². The SMILES string of the molecule is CC1CCC(C(=O)N2CCOCC2C)CN1. The van der Waals surface area contributed by atoms with E-state index in [2.05, 4.69) is 19.2 Å². The van der Waals surface area contributed by atoms with Crippen molar-refractivity contribution in [3.63, 3.8) is 0 Å². The number of hydrogen-bond donors (Lipinski definition) is 1. The van der Waals surface area contributed by atoms with Crippen molar-refractivity contribution in [3.05, 3.63) is 0 Å². The first-order valence-electron chi connectivity index (χ1n) is 6.30. The molecule has 0 saturated carbocycles. The molecule has 0 radical (unpaired) electrons. The zero-order valence-electron chi connectivity index (χ0n) is 10.2. The van der Waals surface area contributed by atoms with E-state index >= 15 is 0 Å². The van der Waals surface area contributed by atoms with Crippen molar-refractivity contribution in [2.75, 3.05) is 26.3 Å². The van der Waals surface area contributed by atoms with Crippen LogP contribution in [-0.4, -0.2) is 49.2 Å².